The van der Waals surface area contributed by atoms with Crippen LogP contribution in [0.3, 0.4) is 0 Å². The number of methoxy groups -OCH3 is 1. The number of hydrogen-bond donors (Lipinski definition) is 0. The highest BCUT2D eigenvalue weighted by atomic mass is 16.5. The lowest BCUT2D eigenvalue weighted by atomic mass is 9.99. The topological polar surface area (TPSA) is 39.3 Å². The van der Waals surface area contributed by atoms with E-state index in [1.807, 2.05) is 12.1 Å². The molecule has 0 aromatic heterocycles. The fraction of sp³-hybridized carbons (Fsp3) is 0.519. The quantitative estimate of drug-likeness (QED) is 0.704. The summed E-state index contributed by atoms with van der Waals surface area (Å²) < 4.78 is 5.56. The molecule has 0 saturated carbocycles. The number of piperazine rings is 1. The molecule has 3 heterocycles. The molecule has 176 valence electrons. The number of fused-ring (bicyclic) bond motifs is 1. The van der Waals surface area contributed by atoms with Crippen LogP contribution in [-0.4, -0.2) is 86.1 Å². The Morgan fingerprint density at radius 2 is 1.70 bits per heavy atom. The van der Waals surface area contributed by atoms with Crippen molar-refractivity contribution in [1.29, 1.82) is 0 Å². The van der Waals surface area contributed by atoms with Crippen LogP contribution in [0.5, 0.6) is 5.75 Å². The standard InChI is InChI=1S/C27H36N4O2/c1-33-26-11-5-4-10-25(26)30-17-15-29(16-18-30)24-9-6-13-31(20-24)27(32)21-28-14-12-22-7-2-3-8-23(22)19-28/h2-5,7-8,10-11,24H,6,9,12-21H2,1H3/t24-/m1/s1. The highest BCUT2D eigenvalue weighted by Gasteiger charge is 2.31. The summed E-state index contributed by atoms with van der Waals surface area (Å²) in [4.78, 5) is 22.6. The van der Waals surface area contributed by atoms with Crippen molar-refractivity contribution < 1.29 is 9.53 Å². The zero-order chi connectivity index (χ0) is 22.6. The van der Waals surface area contributed by atoms with Crippen molar-refractivity contribution in [3.8, 4) is 5.75 Å². The Labute approximate surface area is 197 Å². The Kier molecular flexibility index (Phi) is 6.83. The second-order valence-electron chi connectivity index (χ2n) is 9.56. The van der Waals surface area contributed by atoms with Crippen LogP contribution in [-0.2, 0) is 17.8 Å². The smallest absolute Gasteiger partial charge is 0.236 e. The molecule has 6 nitrogen and oxygen atoms in total. The van der Waals surface area contributed by atoms with Crippen molar-refractivity contribution in [3.63, 3.8) is 0 Å². The molecule has 0 bridgehead atoms. The number of amides is 1. The van der Waals surface area contributed by atoms with Crippen molar-refractivity contribution >= 4 is 11.6 Å². The molecule has 2 fully saturated rings. The van der Waals surface area contributed by atoms with E-state index in [-0.39, 0.29) is 0 Å². The summed E-state index contributed by atoms with van der Waals surface area (Å²) in [5.41, 5.74) is 4.00. The van der Waals surface area contributed by atoms with Crippen LogP contribution in [0.25, 0.3) is 0 Å². The van der Waals surface area contributed by atoms with Gasteiger partial charge in [0.25, 0.3) is 0 Å². The Morgan fingerprint density at radius 1 is 0.939 bits per heavy atom. The van der Waals surface area contributed by atoms with E-state index in [4.69, 9.17) is 4.74 Å². The first-order chi connectivity index (χ1) is 16.2. The maximum Gasteiger partial charge on any atom is 0.236 e. The summed E-state index contributed by atoms with van der Waals surface area (Å²) in [6.07, 6.45) is 3.34. The van der Waals surface area contributed by atoms with Crippen LogP contribution >= 0.6 is 0 Å². The molecule has 3 aliphatic heterocycles. The zero-order valence-electron chi connectivity index (χ0n) is 19.8. The Bertz CT molecular complexity index is 957. The molecule has 1 amide bonds. The molecule has 0 N–H and O–H groups in total. The van der Waals surface area contributed by atoms with E-state index in [9.17, 15) is 4.79 Å². The van der Waals surface area contributed by atoms with Gasteiger partial charge in [0.2, 0.25) is 5.91 Å². The summed E-state index contributed by atoms with van der Waals surface area (Å²) in [6, 6.07) is 17.4. The fourth-order valence-corrected chi connectivity index (χ4v) is 5.68. The van der Waals surface area contributed by atoms with Crippen molar-refractivity contribution in [3.05, 3.63) is 59.7 Å². The SMILES string of the molecule is COc1ccccc1N1CCN([C@@H]2CCCN(C(=O)CN3CCc4ccccc4C3)C2)CC1. The molecule has 5 rings (SSSR count). The number of hydrogen-bond acceptors (Lipinski definition) is 5. The molecule has 2 saturated heterocycles. The minimum Gasteiger partial charge on any atom is -0.495 e. The molecule has 0 aliphatic carbocycles. The molecule has 1 atom stereocenters. The first kappa shape index (κ1) is 22.2. The molecule has 3 aliphatic rings. The highest BCUT2D eigenvalue weighted by Crippen LogP contribution is 2.29. The Hall–Kier alpha value is -2.57. The number of carbonyl (C=O) groups excluding carboxylic acids is 1. The molecule has 33 heavy (non-hydrogen) atoms. The van der Waals surface area contributed by atoms with Crippen LogP contribution in [0.4, 0.5) is 5.69 Å². The lowest BCUT2D eigenvalue weighted by Gasteiger charge is -2.44. The molecule has 2 aromatic carbocycles. The number of ether oxygens (including phenoxy) is 1. The largest absolute Gasteiger partial charge is 0.495 e. The van der Waals surface area contributed by atoms with Crippen molar-refractivity contribution in [2.75, 3.05) is 64.4 Å². The summed E-state index contributed by atoms with van der Waals surface area (Å²) in [5, 5.41) is 0. The van der Waals surface area contributed by atoms with E-state index < -0.39 is 0 Å². The first-order valence-corrected chi connectivity index (χ1v) is 12.4. The summed E-state index contributed by atoms with van der Waals surface area (Å²) >= 11 is 0. The lowest BCUT2D eigenvalue weighted by Crippen LogP contribution is -2.56. The van der Waals surface area contributed by atoms with E-state index >= 15 is 0 Å². The number of piperidine rings is 1. The van der Waals surface area contributed by atoms with E-state index in [0.717, 1.165) is 70.9 Å². The van der Waals surface area contributed by atoms with Crippen molar-refractivity contribution in [1.82, 2.24) is 14.7 Å². The molecule has 0 spiro atoms. The van der Waals surface area contributed by atoms with Gasteiger partial charge in [0.15, 0.2) is 0 Å². The monoisotopic (exact) mass is 448 g/mol. The fourth-order valence-electron chi connectivity index (χ4n) is 5.68. The van der Waals surface area contributed by atoms with Gasteiger partial charge in [-0.05, 0) is 42.5 Å². The molecule has 0 radical (unpaired) electrons. The Balaban J connectivity index is 1.13. The first-order valence-electron chi connectivity index (χ1n) is 12.4. The molecular weight excluding hydrogens is 412 g/mol. The van der Waals surface area contributed by atoms with Gasteiger partial charge in [0, 0.05) is 58.4 Å². The van der Waals surface area contributed by atoms with Crippen LogP contribution in [0, 0.1) is 0 Å². The third-order valence-corrected chi connectivity index (χ3v) is 7.57. The van der Waals surface area contributed by atoms with Gasteiger partial charge in [-0.15, -0.1) is 0 Å². The van der Waals surface area contributed by atoms with Gasteiger partial charge in [0.1, 0.15) is 5.75 Å². The maximum atomic E-state index is 13.2. The van der Waals surface area contributed by atoms with Crippen LogP contribution in [0.2, 0.25) is 0 Å². The summed E-state index contributed by atoms with van der Waals surface area (Å²) in [5.74, 6) is 1.24. The number of carbonyl (C=O) groups is 1. The van der Waals surface area contributed by atoms with E-state index in [0.29, 0.717) is 18.5 Å². The number of benzene rings is 2. The minimum atomic E-state index is 0.298. The number of anilines is 1. The van der Waals surface area contributed by atoms with Crippen LogP contribution in [0.1, 0.15) is 24.0 Å². The summed E-state index contributed by atoms with van der Waals surface area (Å²) in [7, 11) is 1.74. The summed E-state index contributed by atoms with van der Waals surface area (Å²) in [6.45, 7) is 8.26. The third kappa shape index (κ3) is 5.02. The second-order valence-corrected chi connectivity index (χ2v) is 9.56. The predicted molar refractivity (Wildman–Crippen MR) is 132 cm³/mol. The van der Waals surface area contributed by atoms with Crippen LogP contribution in [0.15, 0.2) is 48.5 Å². The minimum absolute atomic E-state index is 0.298. The molecular formula is C27H36N4O2. The predicted octanol–water partition coefficient (Wildman–Crippen LogP) is 2.87. The highest BCUT2D eigenvalue weighted by molar-refractivity contribution is 5.78. The normalized spacial score (nSPS) is 22.2. The number of para-hydroxylation sites is 2. The lowest BCUT2D eigenvalue weighted by molar-refractivity contribution is -0.134. The van der Waals surface area contributed by atoms with Gasteiger partial charge in [0.05, 0.1) is 19.3 Å². The third-order valence-electron chi connectivity index (χ3n) is 7.57. The van der Waals surface area contributed by atoms with Crippen molar-refractivity contribution in [2.45, 2.75) is 31.8 Å². The van der Waals surface area contributed by atoms with E-state index in [2.05, 4.69) is 56.0 Å². The molecule has 0 unspecified atom stereocenters. The number of nitrogens with zero attached hydrogens (tertiary/aromatic N) is 4. The van der Waals surface area contributed by atoms with Gasteiger partial charge in [-0.1, -0.05) is 36.4 Å². The zero-order valence-corrected chi connectivity index (χ0v) is 19.8. The van der Waals surface area contributed by atoms with Gasteiger partial charge in [-0.2, -0.15) is 0 Å². The second kappa shape index (κ2) is 10.1. The van der Waals surface area contributed by atoms with Gasteiger partial charge in [-0.3, -0.25) is 14.6 Å². The number of rotatable bonds is 5. The van der Waals surface area contributed by atoms with E-state index in [1.54, 1.807) is 7.11 Å². The van der Waals surface area contributed by atoms with Gasteiger partial charge in [-0.25, -0.2) is 0 Å². The van der Waals surface area contributed by atoms with Crippen LogP contribution < -0.4 is 9.64 Å². The average Bonchev–Trinajstić information content (AvgIpc) is 2.89. The van der Waals surface area contributed by atoms with Gasteiger partial charge < -0.3 is 14.5 Å². The van der Waals surface area contributed by atoms with Gasteiger partial charge >= 0.3 is 0 Å². The number of likely N-dealkylation sites (tertiary alicyclic amines) is 1. The average molecular weight is 449 g/mol. The maximum absolute atomic E-state index is 13.2. The molecule has 2 aromatic rings. The Morgan fingerprint density at radius 3 is 2.52 bits per heavy atom. The van der Waals surface area contributed by atoms with E-state index in [1.165, 1.54) is 23.2 Å². The van der Waals surface area contributed by atoms with Crippen molar-refractivity contribution in [2.24, 2.45) is 0 Å². The molecule has 6 heteroatoms.